The molecule has 9 nitrogen and oxygen atoms in total. The molecule has 24 heavy (non-hydrogen) atoms. The van der Waals surface area contributed by atoms with Crippen LogP contribution in [-0.2, 0) is 20.1 Å². The lowest BCUT2D eigenvalue weighted by atomic mass is 10.4. The molecule has 0 aromatic carbocycles. The van der Waals surface area contributed by atoms with Gasteiger partial charge in [0.25, 0.3) is 5.56 Å². The molecule has 9 heteroatoms. The van der Waals surface area contributed by atoms with Crippen molar-refractivity contribution in [3.63, 3.8) is 0 Å². The lowest BCUT2D eigenvalue weighted by molar-refractivity contribution is 0.572. The summed E-state index contributed by atoms with van der Waals surface area (Å²) in [5.41, 5.74) is -0.384. The van der Waals surface area contributed by atoms with Gasteiger partial charge in [0.05, 0.1) is 6.07 Å². The van der Waals surface area contributed by atoms with Crippen molar-refractivity contribution in [3.05, 3.63) is 33.5 Å². The maximum atomic E-state index is 12.8. The number of hydrogen-bond acceptors (Lipinski definition) is 6. The molecule has 0 spiro atoms. The van der Waals surface area contributed by atoms with E-state index in [4.69, 9.17) is 5.26 Å². The second-order valence-corrected chi connectivity index (χ2v) is 5.61. The Balaban J connectivity index is 2.33. The second kappa shape index (κ2) is 6.33. The van der Waals surface area contributed by atoms with Crippen LogP contribution in [0, 0.1) is 11.3 Å². The summed E-state index contributed by atoms with van der Waals surface area (Å²) in [5, 5.41) is 12.2. The highest BCUT2D eigenvalue weighted by Gasteiger charge is 2.23. The minimum atomic E-state index is -0.538. The Morgan fingerprint density at radius 3 is 2.67 bits per heavy atom. The van der Waals surface area contributed by atoms with Gasteiger partial charge in [0, 0.05) is 39.8 Å². The van der Waals surface area contributed by atoms with Crippen molar-refractivity contribution < 1.29 is 0 Å². The molecule has 0 unspecified atom stereocenters. The van der Waals surface area contributed by atoms with Crippen LogP contribution in [0.1, 0.15) is 0 Å². The summed E-state index contributed by atoms with van der Waals surface area (Å²) in [4.78, 5) is 31.7. The van der Waals surface area contributed by atoms with Gasteiger partial charge < -0.3 is 14.8 Å². The molecular formula is C15H19N7O2. The maximum absolute atomic E-state index is 12.8. The van der Waals surface area contributed by atoms with Gasteiger partial charge in [0.15, 0.2) is 11.2 Å². The summed E-state index contributed by atoms with van der Waals surface area (Å²) in [6, 6.07) is 1.86. The zero-order chi connectivity index (χ0) is 17.3. The van der Waals surface area contributed by atoms with Crippen LogP contribution in [0.25, 0.3) is 11.2 Å². The number of aryl methyl sites for hydroxylation is 1. The number of anilines is 1. The maximum Gasteiger partial charge on any atom is 0.333 e. The predicted molar refractivity (Wildman–Crippen MR) is 90.1 cm³/mol. The third-order valence-electron chi connectivity index (χ3n) is 4.15. The second-order valence-electron chi connectivity index (χ2n) is 5.61. The van der Waals surface area contributed by atoms with Crippen molar-refractivity contribution >= 4 is 17.1 Å². The first kappa shape index (κ1) is 16.0. The van der Waals surface area contributed by atoms with E-state index in [0.29, 0.717) is 23.7 Å². The number of nitrogens with zero attached hydrogens (tertiary/aromatic N) is 6. The van der Waals surface area contributed by atoms with E-state index >= 15 is 0 Å². The fourth-order valence-electron chi connectivity index (χ4n) is 2.98. The average Bonchev–Trinajstić information content (AvgIpc) is 2.98. The number of nitrogens with one attached hydrogen (secondary N) is 1. The molecule has 0 bridgehead atoms. The number of piperazine rings is 1. The number of hydrogen-bond donors (Lipinski definition) is 1. The Hall–Kier alpha value is -2.86. The fourth-order valence-corrected chi connectivity index (χ4v) is 2.98. The summed E-state index contributed by atoms with van der Waals surface area (Å²) < 4.78 is 4.02. The molecule has 0 radical (unpaired) electrons. The molecule has 2 aromatic heterocycles. The first-order valence-electron chi connectivity index (χ1n) is 7.73. The van der Waals surface area contributed by atoms with E-state index < -0.39 is 11.2 Å². The highest BCUT2D eigenvalue weighted by atomic mass is 16.2. The highest BCUT2D eigenvalue weighted by molar-refractivity contribution is 5.74. The molecule has 0 atom stereocenters. The number of imidazole rings is 1. The Morgan fingerprint density at radius 2 is 2.04 bits per heavy atom. The summed E-state index contributed by atoms with van der Waals surface area (Å²) in [7, 11) is 1.56. The van der Waals surface area contributed by atoms with Crippen LogP contribution >= 0.6 is 0 Å². The quantitative estimate of drug-likeness (QED) is 0.723. The van der Waals surface area contributed by atoms with Crippen LogP contribution in [0.15, 0.2) is 22.2 Å². The van der Waals surface area contributed by atoms with Crippen LogP contribution < -0.4 is 21.5 Å². The minimum absolute atomic E-state index is 0.288. The van der Waals surface area contributed by atoms with Crippen molar-refractivity contribution in [2.24, 2.45) is 7.05 Å². The van der Waals surface area contributed by atoms with Gasteiger partial charge in [-0.25, -0.2) is 9.36 Å². The SMILES string of the molecule is C=CCn1c(N2CCNCC2)nc2c1c(=O)n(CC#N)c(=O)n2C. The van der Waals surface area contributed by atoms with Crippen molar-refractivity contribution in [1.82, 2.24) is 24.0 Å². The summed E-state index contributed by atoms with van der Waals surface area (Å²) >= 11 is 0. The summed E-state index contributed by atoms with van der Waals surface area (Å²) in [5.74, 6) is 0.646. The number of aromatic nitrogens is 4. The van der Waals surface area contributed by atoms with Crippen molar-refractivity contribution in [1.29, 1.82) is 5.26 Å². The van der Waals surface area contributed by atoms with E-state index in [2.05, 4.69) is 21.8 Å². The van der Waals surface area contributed by atoms with Gasteiger partial charge >= 0.3 is 5.69 Å². The molecule has 126 valence electrons. The summed E-state index contributed by atoms with van der Waals surface area (Å²) in [6.07, 6.45) is 1.69. The topological polar surface area (TPSA) is 101 Å². The van der Waals surface area contributed by atoms with Crippen LogP contribution in [-0.4, -0.2) is 44.9 Å². The Bertz CT molecular complexity index is 938. The number of allylic oxidation sites excluding steroid dienone is 1. The third kappa shape index (κ3) is 2.41. The molecule has 0 aliphatic carbocycles. The van der Waals surface area contributed by atoms with Gasteiger partial charge in [0.1, 0.15) is 6.54 Å². The zero-order valence-corrected chi connectivity index (χ0v) is 13.5. The van der Waals surface area contributed by atoms with Crippen molar-refractivity contribution in [2.45, 2.75) is 13.1 Å². The highest BCUT2D eigenvalue weighted by Crippen LogP contribution is 2.20. The lowest BCUT2D eigenvalue weighted by Crippen LogP contribution is -2.44. The number of rotatable bonds is 4. The Kier molecular flexibility index (Phi) is 4.22. The average molecular weight is 329 g/mol. The molecule has 0 amide bonds. The number of nitriles is 1. The molecule has 3 rings (SSSR count). The predicted octanol–water partition coefficient (Wildman–Crippen LogP) is -0.984. The summed E-state index contributed by atoms with van der Waals surface area (Å²) in [6.45, 7) is 7.04. The van der Waals surface area contributed by atoms with E-state index in [1.54, 1.807) is 17.7 Å². The molecule has 1 aliphatic heterocycles. The van der Waals surface area contributed by atoms with Gasteiger partial charge in [-0.3, -0.25) is 9.36 Å². The van der Waals surface area contributed by atoms with E-state index in [-0.39, 0.29) is 6.54 Å². The molecule has 1 N–H and O–H groups in total. The molecule has 0 saturated carbocycles. The van der Waals surface area contributed by atoms with Gasteiger partial charge in [-0.1, -0.05) is 6.08 Å². The third-order valence-corrected chi connectivity index (χ3v) is 4.15. The molecular weight excluding hydrogens is 310 g/mol. The van der Waals surface area contributed by atoms with Gasteiger partial charge in [-0.2, -0.15) is 10.2 Å². The first-order chi connectivity index (χ1) is 11.6. The standard InChI is InChI=1S/C15H19N7O2/c1-3-7-21-11-12(18-14(21)20-9-5-17-6-10-20)19(2)15(24)22(8-4-16)13(11)23/h3,17H,1,5-10H2,2H3. The number of fused-ring (bicyclic) bond motifs is 1. The largest absolute Gasteiger partial charge is 0.340 e. The normalized spacial score (nSPS) is 14.8. The first-order valence-corrected chi connectivity index (χ1v) is 7.73. The zero-order valence-electron chi connectivity index (χ0n) is 13.5. The Morgan fingerprint density at radius 1 is 1.33 bits per heavy atom. The van der Waals surface area contributed by atoms with E-state index in [9.17, 15) is 9.59 Å². The molecule has 1 fully saturated rings. The monoisotopic (exact) mass is 329 g/mol. The molecule has 3 heterocycles. The molecule has 1 aliphatic rings. The van der Waals surface area contributed by atoms with Crippen LogP contribution in [0.5, 0.6) is 0 Å². The van der Waals surface area contributed by atoms with E-state index in [1.165, 1.54) is 4.57 Å². The van der Waals surface area contributed by atoms with Crippen molar-refractivity contribution in [2.75, 3.05) is 31.1 Å². The van der Waals surface area contributed by atoms with Crippen molar-refractivity contribution in [3.8, 4) is 6.07 Å². The van der Waals surface area contributed by atoms with Crippen LogP contribution in [0.2, 0.25) is 0 Å². The lowest BCUT2D eigenvalue weighted by Gasteiger charge is -2.28. The van der Waals surface area contributed by atoms with Crippen LogP contribution in [0.3, 0.4) is 0 Å². The van der Waals surface area contributed by atoms with Crippen LogP contribution in [0.4, 0.5) is 5.95 Å². The van der Waals surface area contributed by atoms with Gasteiger partial charge in [0.2, 0.25) is 5.95 Å². The minimum Gasteiger partial charge on any atom is -0.340 e. The molecule has 1 saturated heterocycles. The van der Waals surface area contributed by atoms with E-state index in [0.717, 1.165) is 30.7 Å². The smallest absolute Gasteiger partial charge is 0.333 e. The van der Waals surface area contributed by atoms with Gasteiger partial charge in [-0.15, -0.1) is 6.58 Å². The van der Waals surface area contributed by atoms with Gasteiger partial charge in [-0.05, 0) is 0 Å². The molecule has 2 aromatic rings. The fraction of sp³-hybridized carbons (Fsp3) is 0.467. The van der Waals surface area contributed by atoms with E-state index in [1.807, 2.05) is 6.07 Å². The Labute approximate surface area is 138 Å².